The smallest absolute Gasteiger partial charge is 0.410 e. The molecule has 0 aromatic heterocycles. The number of nitrogens with zero attached hydrogens (tertiary/aromatic N) is 2. The van der Waals surface area contributed by atoms with E-state index in [1.165, 1.54) is 0 Å². The Morgan fingerprint density at radius 2 is 2.13 bits per heavy atom. The first-order valence-corrected chi connectivity index (χ1v) is 8.53. The molecule has 0 spiro atoms. The average molecular weight is 319 g/mol. The first-order chi connectivity index (χ1) is 11.1. The highest BCUT2D eigenvalue weighted by molar-refractivity contribution is 5.68. The molecular weight excluding hydrogens is 290 g/mol. The Balaban J connectivity index is 1.88. The van der Waals surface area contributed by atoms with Gasteiger partial charge in [-0.05, 0) is 32.3 Å². The number of carbonyl (C=O) groups excluding carboxylic acids is 1. The van der Waals surface area contributed by atoms with Crippen LogP contribution in [0.1, 0.15) is 32.3 Å². The van der Waals surface area contributed by atoms with Gasteiger partial charge in [-0.25, -0.2) is 4.79 Å². The summed E-state index contributed by atoms with van der Waals surface area (Å²) in [5.41, 5.74) is 6.72. The van der Waals surface area contributed by atoms with Crippen LogP contribution in [0.15, 0.2) is 30.3 Å². The lowest BCUT2D eigenvalue weighted by Crippen LogP contribution is -2.46. The molecule has 1 heterocycles. The van der Waals surface area contributed by atoms with Crippen molar-refractivity contribution in [3.8, 4) is 0 Å². The highest BCUT2D eigenvalue weighted by Crippen LogP contribution is 2.20. The molecule has 1 aliphatic heterocycles. The fourth-order valence-electron chi connectivity index (χ4n) is 3.06. The van der Waals surface area contributed by atoms with E-state index in [0.29, 0.717) is 19.2 Å². The van der Waals surface area contributed by atoms with Gasteiger partial charge in [0, 0.05) is 38.3 Å². The van der Waals surface area contributed by atoms with E-state index in [0.717, 1.165) is 38.0 Å². The molecule has 1 unspecified atom stereocenters. The Morgan fingerprint density at radius 3 is 2.78 bits per heavy atom. The lowest BCUT2D eigenvalue weighted by molar-refractivity contribution is 0.0807. The van der Waals surface area contributed by atoms with E-state index in [9.17, 15) is 4.79 Å². The molecule has 1 fully saturated rings. The van der Waals surface area contributed by atoms with Crippen molar-refractivity contribution in [2.24, 2.45) is 5.73 Å². The average Bonchev–Trinajstić information content (AvgIpc) is 3.01. The van der Waals surface area contributed by atoms with Crippen LogP contribution >= 0.6 is 0 Å². The van der Waals surface area contributed by atoms with Crippen molar-refractivity contribution in [2.45, 2.75) is 45.4 Å². The molecular formula is C18H29N3O2. The van der Waals surface area contributed by atoms with Gasteiger partial charge < -0.3 is 15.4 Å². The molecule has 0 radical (unpaired) electrons. The third kappa shape index (κ3) is 5.22. The maximum absolute atomic E-state index is 12.4. The van der Waals surface area contributed by atoms with E-state index < -0.39 is 0 Å². The summed E-state index contributed by atoms with van der Waals surface area (Å²) in [6.45, 7) is 7.83. The van der Waals surface area contributed by atoms with Crippen LogP contribution in [0, 0.1) is 0 Å². The quantitative estimate of drug-likeness (QED) is 0.839. The Hall–Kier alpha value is -1.59. The maximum Gasteiger partial charge on any atom is 0.410 e. The predicted octanol–water partition coefficient (Wildman–Crippen LogP) is 2.46. The molecule has 2 rings (SSSR count). The van der Waals surface area contributed by atoms with E-state index in [1.54, 1.807) is 0 Å². The summed E-state index contributed by atoms with van der Waals surface area (Å²) in [5, 5.41) is 0. The zero-order valence-electron chi connectivity index (χ0n) is 14.3. The van der Waals surface area contributed by atoms with Crippen LogP contribution in [-0.2, 0) is 11.3 Å². The standard InChI is InChI=1S/C18H29N3O2/c1-15(2)20(12-10-19)13-17-9-6-11-21(17)18(22)23-14-16-7-4-3-5-8-16/h3-5,7-8,15,17H,6,9-14,19H2,1-2H3. The highest BCUT2D eigenvalue weighted by atomic mass is 16.6. The summed E-state index contributed by atoms with van der Waals surface area (Å²) in [7, 11) is 0. The number of likely N-dealkylation sites (tertiary alicyclic amines) is 1. The summed E-state index contributed by atoms with van der Waals surface area (Å²) in [6.07, 6.45) is 1.88. The summed E-state index contributed by atoms with van der Waals surface area (Å²) < 4.78 is 5.49. The predicted molar refractivity (Wildman–Crippen MR) is 92.1 cm³/mol. The van der Waals surface area contributed by atoms with Crippen molar-refractivity contribution in [1.29, 1.82) is 0 Å². The molecule has 0 bridgehead atoms. The third-order valence-corrected chi connectivity index (χ3v) is 4.41. The molecule has 128 valence electrons. The first-order valence-electron chi connectivity index (χ1n) is 8.53. The van der Waals surface area contributed by atoms with Crippen LogP contribution in [-0.4, -0.2) is 54.2 Å². The van der Waals surface area contributed by atoms with Crippen LogP contribution in [0.4, 0.5) is 4.79 Å². The molecule has 0 saturated carbocycles. The second-order valence-electron chi connectivity index (χ2n) is 6.41. The molecule has 5 heteroatoms. The molecule has 1 amide bonds. The Morgan fingerprint density at radius 1 is 1.39 bits per heavy atom. The van der Waals surface area contributed by atoms with Crippen LogP contribution in [0.3, 0.4) is 0 Å². The zero-order valence-corrected chi connectivity index (χ0v) is 14.3. The molecule has 1 atom stereocenters. The summed E-state index contributed by atoms with van der Waals surface area (Å²) in [6, 6.07) is 10.5. The lowest BCUT2D eigenvalue weighted by atomic mass is 10.2. The molecule has 1 saturated heterocycles. The SMILES string of the molecule is CC(C)N(CCN)CC1CCCN1C(=O)OCc1ccccc1. The van der Waals surface area contributed by atoms with Crippen molar-refractivity contribution in [3.63, 3.8) is 0 Å². The van der Waals surface area contributed by atoms with E-state index in [-0.39, 0.29) is 12.1 Å². The van der Waals surface area contributed by atoms with Gasteiger partial charge in [-0.15, -0.1) is 0 Å². The maximum atomic E-state index is 12.4. The van der Waals surface area contributed by atoms with E-state index in [4.69, 9.17) is 10.5 Å². The molecule has 5 nitrogen and oxygen atoms in total. The lowest BCUT2D eigenvalue weighted by Gasteiger charge is -2.32. The van der Waals surface area contributed by atoms with Crippen LogP contribution in [0.25, 0.3) is 0 Å². The molecule has 1 aromatic carbocycles. The van der Waals surface area contributed by atoms with Crippen molar-refractivity contribution in [3.05, 3.63) is 35.9 Å². The highest BCUT2D eigenvalue weighted by Gasteiger charge is 2.31. The van der Waals surface area contributed by atoms with E-state index >= 15 is 0 Å². The van der Waals surface area contributed by atoms with Gasteiger partial charge in [-0.1, -0.05) is 30.3 Å². The minimum Gasteiger partial charge on any atom is -0.445 e. The second kappa shape index (κ2) is 8.89. The van der Waals surface area contributed by atoms with Crippen molar-refractivity contribution in [1.82, 2.24) is 9.80 Å². The number of carbonyl (C=O) groups is 1. The molecule has 1 aromatic rings. The van der Waals surface area contributed by atoms with Gasteiger partial charge in [0.05, 0.1) is 0 Å². The number of hydrogen-bond acceptors (Lipinski definition) is 4. The van der Waals surface area contributed by atoms with E-state index in [1.807, 2.05) is 35.2 Å². The van der Waals surface area contributed by atoms with Gasteiger partial charge in [-0.3, -0.25) is 4.90 Å². The second-order valence-corrected chi connectivity index (χ2v) is 6.41. The van der Waals surface area contributed by atoms with Crippen LogP contribution in [0.2, 0.25) is 0 Å². The Bertz CT molecular complexity index is 478. The van der Waals surface area contributed by atoms with E-state index in [2.05, 4.69) is 18.7 Å². The molecule has 2 N–H and O–H groups in total. The fourth-order valence-corrected chi connectivity index (χ4v) is 3.06. The van der Waals surface area contributed by atoms with Crippen molar-refractivity contribution >= 4 is 6.09 Å². The summed E-state index contributed by atoms with van der Waals surface area (Å²) >= 11 is 0. The van der Waals surface area contributed by atoms with Crippen LogP contribution < -0.4 is 5.73 Å². The molecule has 23 heavy (non-hydrogen) atoms. The first kappa shape index (κ1) is 17.8. The molecule has 1 aliphatic rings. The number of nitrogens with two attached hydrogens (primary N) is 1. The Labute approximate surface area is 139 Å². The number of rotatable bonds is 7. The fraction of sp³-hybridized carbons (Fsp3) is 0.611. The van der Waals surface area contributed by atoms with Gasteiger partial charge in [0.25, 0.3) is 0 Å². The monoisotopic (exact) mass is 319 g/mol. The third-order valence-electron chi connectivity index (χ3n) is 4.41. The Kier molecular flexibility index (Phi) is 6.86. The number of benzene rings is 1. The van der Waals surface area contributed by atoms with Gasteiger partial charge >= 0.3 is 6.09 Å². The number of amides is 1. The minimum absolute atomic E-state index is 0.201. The number of hydrogen-bond donors (Lipinski definition) is 1. The van der Waals surface area contributed by atoms with Crippen molar-refractivity contribution in [2.75, 3.05) is 26.2 Å². The normalized spacial score (nSPS) is 18.0. The van der Waals surface area contributed by atoms with Crippen LogP contribution in [0.5, 0.6) is 0 Å². The largest absolute Gasteiger partial charge is 0.445 e. The van der Waals surface area contributed by atoms with Crippen molar-refractivity contribution < 1.29 is 9.53 Å². The van der Waals surface area contributed by atoms with Gasteiger partial charge in [0.1, 0.15) is 6.61 Å². The zero-order chi connectivity index (χ0) is 16.7. The topological polar surface area (TPSA) is 58.8 Å². The minimum atomic E-state index is -0.201. The summed E-state index contributed by atoms with van der Waals surface area (Å²) in [4.78, 5) is 16.6. The van der Waals surface area contributed by atoms with Gasteiger partial charge in [0.15, 0.2) is 0 Å². The van der Waals surface area contributed by atoms with Gasteiger partial charge in [-0.2, -0.15) is 0 Å². The summed E-state index contributed by atoms with van der Waals surface area (Å²) in [5.74, 6) is 0. The molecule has 0 aliphatic carbocycles. The van der Waals surface area contributed by atoms with Gasteiger partial charge in [0.2, 0.25) is 0 Å². The number of ether oxygens (including phenoxy) is 1.